The molecule has 190 valence electrons. The van der Waals surface area contributed by atoms with Crippen LogP contribution in [0.15, 0.2) is 42.5 Å². The molecule has 0 saturated carbocycles. The van der Waals surface area contributed by atoms with Gasteiger partial charge in [0, 0.05) is 33.4 Å². The molecule has 3 rings (SSSR count). The average Bonchev–Trinajstić information content (AvgIpc) is 2.81. The van der Waals surface area contributed by atoms with Crippen LogP contribution >= 0.6 is 23.2 Å². The molecule has 0 radical (unpaired) electrons. The van der Waals surface area contributed by atoms with E-state index in [1.807, 2.05) is 20.8 Å². The highest BCUT2D eigenvalue weighted by Gasteiger charge is 2.53. The number of carboxylic acids is 1. The van der Waals surface area contributed by atoms with Gasteiger partial charge in [-0.25, -0.2) is 8.42 Å². The van der Waals surface area contributed by atoms with Crippen LogP contribution in [-0.2, 0) is 24.3 Å². The monoisotopic (exact) mass is 542 g/mol. The van der Waals surface area contributed by atoms with Crippen molar-refractivity contribution in [3.8, 4) is 0 Å². The van der Waals surface area contributed by atoms with Crippen molar-refractivity contribution in [2.45, 2.75) is 45.4 Å². The van der Waals surface area contributed by atoms with E-state index < -0.39 is 45.1 Å². The van der Waals surface area contributed by atoms with Crippen molar-refractivity contribution in [2.24, 2.45) is 5.41 Å². The van der Waals surface area contributed by atoms with Crippen LogP contribution in [0.2, 0.25) is 10.0 Å². The summed E-state index contributed by atoms with van der Waals surface area (Å²) in [5.74, 6) is -2.28. The molecule has 0 aromatic heterocycles. The minimum Gasteiger partial charge on any atom is -0.480 e. The number of fused-ring (bicyclic) bond motifs is 1. The number of carbonyl (C=O) groups excluding carboxylic acids is 1. The summed E-state index contributed by atoms with van der Waals surface area (Å²) in [6, 6.07) is 11.7. The second-order valence-corrected chi connectivity index (χ2v) is 12.6. The van der Waals surface area contributed by atoms with Gasteiger partial charge in [-0.3, -0.25) is 9.59 Å². The zero-order valence-corrected chi connectivity index (χ0v) is 22.3. The predicted molar refractivity (Wildman–Crippen MR) is 135 cm³/mol. The van der Waals surface area contributed by atoms with E-state index in [2.05, 4.69) is 4.72 Å². The highest BCUT2D eigenvalue weighted by Crippen LogP contribution is 2.43. The molecule has 0 fully saturated rings. The minimum absolute atomic E-state index is 0.199. The number of amides is 1. The Morgan fingerprint density at radius 3 is 2.29 bits per heavy atom. The van der Waals surface area contributed by atoms with E-state index in [9.17, 15) is 23.1 Å². The molecule has 0 aliphatic carbocycles. The fraction of sp³-hybridized carbons (Fsp3) is 0.417. The minimum atomic E-state index is -4.06. The van der Waals surface area contributed by atoms with Crippen molar-refractivity contribution in [2.75, 3.05) is 17.7 Å². The van der Waals surface area contributed by atoms with Gasteiger partial charge in [0.2, 0.25) is 10.0 Å². The normalized spacial score (nSPS) is 20.7. The third-order valence-corrected chi connectivity index (χ3v) is 6.89. The van der Waals surface area contributed by atoms with Crippen molar-refractivity contribution in [3.05, 3.63) is 63.6 Å². The van der Waals surface area contributed by atoms with Crippen molar-refractivity contribution >= 4 is 50.8 Å². The summed E-state index contributed by atoms with van der Waals surface area (Å²) in [6.07, 6.45) is -1.94. The molecule has 1 aliphatic heterocycles. The number of carboxylic acid groups (broad SMARTS) is 1. The standard InChI is InChI=1S/C24H28Cl2N2O6S/c1-23(2,3)13-28-18-11-10-14(25)12-16(18)19(15-8-6-7-9-17(15)26)34-20(21(28)29)24(4,22(30)31)27-35(5,32)33/h6-12,19-20,27H,13H2,1-5H3,(H,30,31)/t19-,20+,24?/m0/s1. The zero-order valence-electron chi connectivity index (χ0n) is 20.0. The lowest BCUT2D eigenvalue weighted by atomic mass is 9.92. The van der Waals surface area contributed by atoms with E-state index in [4.69, 9.17) is 27.9 Å². The number of anilines is 1. The number of ether oxygens (including phenoxy) is 1. The van der Waals surface area contributed by atoms with Crippen LogP contribution in [0, 0.1) is 5.41 Å². The molecule has 8 nitrogen and oxygen atoms in total. The van der Waals surface area contributed by atoms with E-state index in [1.54, 1.807) is 42.5 Å². The van der Waals surface area contributed by atoms with E-state index in [-0.39, 0.29) is 6.54 Å². The topological polar surface area (TPSA) is 113 Å². The maximum absolute atomic E-state index is 14.0. The summed E-state index contributed by atoms with van der Waals surface area (Å²) >= 11 is 12.8. The zero-order chi connectivity index (χ0) is 26.3. The molecule has 2 aromatic rings. The number of hydrogen-bond donors (Lipinski definition) is 2. The van der Waals surface area contributed by atoms with Crippen LogP contribution in [0.25, 0.3) is 0 Å². The van der Waals surface area contributed by atoms with Gasteiger partial charge < -0.3 is 14.7 Å². The van der Waals surface area contributed by atoms with Crippen molar-refractivity contribution in [1.29, 1.82) is 0 Å². The summed E-state index contributed by atoms with van der Waals surface area (Å²) in [7, 11) is -4.06. The number of nitrogens with one attached hydrogen (secondary N) is 1. The lowest BCUT2D eigenvalue weighted by molar-refractivity contribution is -0.158. The lowest BCUT2D eigenvalue weighted by Gasteiger charge is -2.36. The number of nitrogens with zero attached hydrogens (tertiary/aromatic N) is 1. The Morgan fingerprint density at radius 1 is 1.11 bits per heavy atom. The molecule has 11 heteroatoms. The van der Waals surface area contributed by atoms with Crippen molar-refractivity contribution in [1.82, 2.24) is 4.72 Å². The SMILES string of the molecule is CC(C)(C)CN1C(=O)[C@H](C(C)(NS(C)(=O)=O)C(=O)O)O[C@@H](c2ccccc2Cl)c2cc(Cl)ccc21. The lowest BCUT2D eigenvalue weighted by Crippen LogP contribution is -2.65. The quantitative estimate of drug-likeness (QED) is 0.563. The maximum Gasteiger partial charge on any atom is 0.327 e. The van der Waals surface area contributed by atoms with Crippen LogP contribution in [0.3, 0.4) is 0 Å². The van der Waals surface area contributed by atoms with E-state index in [1.165, 1.54) is 4.90 Å². The fourth-order valence-corrected chi connectivity index (χ4v) is 5.43. The molecular formula is C24H28Cl2N2O6S. The number of carbonyl (C=O) groups is 2. The molecular weight excluding hydrogens is 515 g/mol. The molecule has 35 heavy (non-hydrogen) atoms. The third-order valence-electron chi connectivity index (χ3n) is 5.51. The first-order valence-electron chi connectivity index (χ1n) is 10.8. The highest BCUT2D eigenvalue weighted by atomic mass is 35.5. The van der Waals surface area contributed by atoms with Crippen molar-refractivity contribution < 1.29 is 27.9 Å². The summed E-state index contributed by atoms with van der Waals surface area (Å²) in [5, 5.41) is 10.8. The largest absolute Gasteiger partial charge is 0.480 e. The van der Waals surface area contributed by atoms with Crippen LogP contribution in [-0.4, -0.2) is 49.8 Å². The first kappa shape index (κ1) is 27.4. The van der Waals surface area contributed by atoms with Gasteiger partial charge in [0.15, 0.2) is 11.6 Å². The molecule has 0 spiro atoms. The second kappa shape index (κ2) is 9.71. The summed E-state index contributed by atoms with van der Waals surface area (Å²) < 4.78 is 32.7. The van der Waals surface area contributed by atoms with Gasteiger partial charge in [-0.1, -0.05) is 62.2 Å². The number of aliphatic carboxylic acids is 1. The number of rotatable bonds is 6. The second-order valence-electron chi connectivity index (χ2n) is 9.99. The smallest absolute Gasteiger partial charge is 0.327 e. The van der Waals surface area contributed by atoms with Gasteiger partial charge in [0.1, 0.15) is 6.10 Å². The molecule has 1 aliphatic rings. The molecule has 2 aromatic carbocycles. The predicted octanol–water partition coefficient (Wildman–Crippen LogP) is 4.25. The van der Waals surface area contributed by atoms with E-state index >= 15 is 0 Å². The highest BCUT2D eigenvalue weighted by molar-refractivity contribution is 7.88. The summed E-state index contributed by atoms with van der Waals surface area (Å²) in [4.78, 5) is 27.9. The van der Waals surface area contributed by atoms with Crippen molar-refractivity contribution in [3.63, 3.8) is 0 Å². The first-order valence-corrected chi connectivity index (χ1v) is 13.4. The molecule has 2 N–H and O–H groups in total. The molecule has 0 bridgehead atoms. The first-order chi connectivity index (χ1) is 16.0. The van der Waals surface area contributed by atoms with Crippen LogP contribution in [0.1, 0.15) is 44.9 Å². The molecule has 0 saturated heterocycles. The van der Waals surface area contributed by atoms with Gasteiger partial charge in [-0.05, 0) is 36.6 Å². The average molecular weight is 543 g/mol. The molecule has 1 amide bonds. The number of benzene rings is 2. The van der Waals surface area contributed by atoms with Gasteiger partial charge in [-0.2, -0.15) is 4.72 Å². The van der Waals surface area contributed by atoms with E-state index in [0.717, 1.165) is 13.2 Å². The van der Waals surface area contributed by atoms with Gasteiger partial charge in [-0.15, -0.1) is 0 Å². The Balaban J connectivity index is 2.34. The van der Waals surface area contributed by atoms with E-state index in [0.29, 0.717) is 26.9 Å². The Bertz CT molecular complexity index is 1260. The number of sulfonamides is 1. The molecule has 1 unspecified atom stereocenters. The fourth-order valence-electron chi connectivity index (χ4n) is 4.05. The Morgan fingerprint density at radius 2 is 1.74 bits per heavy atom. The third kappa shape index (κ3) is 5.98. The van der Waals surface area contributed by atoms with Crippen LogP contribution in [0.5, 0.6) is 0 Å². The Kier molecular flexibility index (Phi) is 7.60. The maximum atomic E-state index is 14.0. The van der Waals surface area contributed by atoms with Gasteiger partial charge in [0.05, 0.1) is 6.26 Å². The molecule has 1 heterocycles. The number of hydrogen-bond acceptors (Lipinski definition) is 5. The summed E-state index contributed by atoms with van der Waals surface area (Å²) in [6.45, 7) is 7.08. The van der Waals surface area contributed by atoms with Gasteiger partial charge >= 0.3 is 5.97 Å². The molecule has 3 atom stereocenters. The Hall–Kier alpha value is -2.17. The summed E-state index contributed by atoms with van der Waals surface area (Å²) in [5.41, 5.74) is -1.29. The Labute approximate surface area is 215 Å². The van der Waals surface area contributed by atoms with Gasteiger partial charge in [0.25, 0.3) is 5.91 Å². The van der Waals surface area contributed by atoms with Crippen LogP contribution in [0.4, 0.5) is 5.69 Å². The number of halogens is 2. The van der Waals surface area contributed by atoms with Crippen LogP contribution < -0.4 is 9.62 Å².